The van der Waals surface area contributed by atoms with Gasteiger partial charge in [0.2, 0.25) is 0 Å². The molecule has 0 amide bonds. The van der Waals surface area contributed by atoms with E-state index >= 15 is 0 Å². The molecule has 9 heteroatoms. The second-order valence-corrected chi connectivity index (χ2v) is 11.7. The zero-order valence-corrected chi connectivity index (χ0v) is 23.0. The number of thiophene rings is 1. The van der Waals surface area contributed by atoms with Crippen molar-refractivity contribution in [2.45, 2.75) is 39.2 Å². The Hall–Kier alpha value is -4.21. The van der Waals surface area contributed by atoms with Crippen LogP contribution in [0.2, 0.25) is 0 Å². The summed E-state index contributed by atoms with van der Waals surface area (Å²) in [6.07, 6.45) is 12.8. The number of carbonyl (C=O) groups excluding carboxylic acids is 1. The molecule has 6 aromatic rings. The molecule has 1 aliphatic carbocycles. The van der Waals surface area contributed by atoms with Gasteiger partial charge in [-0.3, -0.25) is 24.8 Å². The summed E-state index contributed by atoms with van der Waals surface area (Å²) in [7, 11) is 0. The van der Waals surface area contributed by atoms with E-state index in [2.05, 4.69) is 48.7 Å². The number of hydrogen-bond donors (Lipinski definition) is 3. The van der Waals surface area contributed by atoms with Gasteiger partial charge in [0.25, 0.3) is 0 Å². The van der Waals surface area contributed by atoms with Crippen LogP contribution in [-0.2, 0) is 6.54 Å². The van der Waals surface area contributed by atoms with Gasteiger partial charge in [0.05, 0.1) is 38.5 Å². The maximum absolute atomic E-state index is 11.8. The lowest BCUT2D eigenvalue weighted by atomic mass is 10.1. The fourth-order valence-electron chi connectivity index (χ4n) is 5.67. The Morgan fingerprint density at radius 3 is 2.73 bits per heavy atom. The number of fused-ring (bicyclic) bond motifs is 2. The lowest BCUT2D eigenvalue weighted by Crippen LogP contribution is -2.20. The third-order valence-electron chi connectivity index (χ3n) is 7.76. The van der Waals surface area contributed by atoms with Gasteiger partial charge in [-0.1, -0.05) is 12.8 Å². The lowest BCUT2D eigenvalue weighted by molar-refractivity contribution is 0.102. The fourth-order valence-corrected chi connectivity index (χ4v) is 6.58. The zero-order chi connectivity index (χ0) is 27.1. The van der Waals surface area contributed by atoms with Crippen molar-refractivity contribution in [1.82, 2.24) is 35.5 Å². The number of aromatic nitrogens is 6. The molecule has 1 saturated carbocycles. The normalized spacial score (nSPS) is 14.0. The van der Waals surface area contributed by atoms with E-state index in [0.29, 0.717) is 0 Å². The smallest absolute Gasteiger partial charge is 0.169 e. The van der Waals surface area contributed by atoms with E-state index in [4.69, 9.17) is 4.98 Å². The maximum Gasteiger partial charge on any atom is 0.169 e. The first-order valence-electron chi connectivity index (χ1n) is 13.7. The summed E-state index contributed by atoms with van der Waals surface area (Å²) < 4.78 is 0. The highest BCUT2D eigenvalue weighted by atomic mass is 32.1. The predicted molar refractivity (Wildman–Crippen MR) is 159 cm³/mol. The minimum Gasteiger partial charge on any atom is -0.353 e. The van der Waals surface area contributed by atoms with Crippen LogP contribution < -0.4 is 5.32 Å². The minimum absolute atomic E-state index is 0.0617. The van der Waals surface area contributed by atoms with Crippen molar-refractivity contribution in [2.24, 2.45) is 5.92 Å². The summed E-state index contributed by atoms with van der Waals surface area (Å²) in [5, 5.41) is 13.3. The van der Waals surface area contributed by atoms with Gasteiger partial charge >= 0.3 is 0 Å². The molecule has 6 heterocycles. The van der Waals surface area contributed by atoms with E-state index < -0.39 is 0 Å². The van der Waals surface area contributed by atoms with Crippen LogP contribution in [0.3, 0.4) is 0 Å². The molecule has 1 aliphatic rings. The molecule has 0 radical (unpaired) electrons. The van der Waals surface area contributed by atoms with E-state index in [1.54, 1.807) is 13.1 Å². The molecule has 0 unspecified atom stereocenters. The monoisotopic (exact) mass is 547 g/mol. The predicted octanol–water partition coefficient (Wildman–Crippen LogP) is 6.77. The number of pyridine rings is 3. The van der Waals surface area contributed by atoms with E-state index in [1.807, 2.05) is 36.8 Å². The Balaban J connectivity index is 1.20. The molecule has 0 spiro atoms. The van der Waals surface area contributed by atoms with E-state index in [9.17, 15) is 4.79 Å². The molecule has 0 aromatic carbocycles. The highest BCUT2D eigenvalue weighted by molar-refractivity contribution is 7.17. The SMILES string of the molecule is CC(=O)c1ccc(-c2nccc3[nH]c(-c4n[nH]c5cnc(-c6cncc(CNCC7CCCC7)c6)cc45)cc23)s1. The van der Waals surface area contributed by atoms with Crippen molar-refractivity contribution in [3.63, 3.8) is 0 Å². The van der Waals surface area contributed by atoms with Crippen molar-refractivity contribution in [3.8, 4) is 33.2 Å². The van der Waals surface area contributed by atoms with Crippen LogP contribution in [0.25, 0.3) is 55.0 Å². The van der Waals surface area contributed by atoms with Gasteiger partial charge in [0, 0.05) is 47.0 Å². The third kappa shape index (κ3) is 4.71. The average molecular weight is 548 g/mol. The Bertz CT molecular complexity index is 1840. The number of rotatable bonds is 8. The van der Waals surface area contributed by atoms with Crippen LogP contribution in [0.15, 0.2) is 61.2 Å². The maximum atomic E-state index is 11.8. The molecule has 1 fully saturated rings. The van der Waals surface area contributed by atoms with Crippen LogP contribution in [0, 0.1) is 5.92 Å². The van der Waals surface area contributed by atoms with Crippen molar-refractivity contribution in [2.75, 3.05) is 6.54 Å². The fraction of sp³-hybridized carbons (Fsp3) is 0.258. The van der Waals surface area contributed by atoms with E-state index in [0.717, 1.165) is 84.5 Å². The molecule has 6 aromatic heterocycles. The Kier molecular flexibility index (Phi) is 6.45. The summed E-state index contributed by atoms with van der Waals surface area (Å²) in [6, 6.07) is 12.1. The van der Waals surface area contributed by atoms with Gasteiger partial charge in [-0.05, 0) is 74.2 Å². The zero-order valence-electron chi connectivity index (χ0n) is 22.2. The first kappa shape index (κ1) is 24.8. The van der Waals surface area contributed by atoms with Crippen LogP contribution >= 0.6 is 11.3 Å². The third-order valence-corrected chi connectivity index (χ3v) is 8.96. The minimum atomic E-state index is 0.0617. The van der Waals surface area contributed by atoms with Crippen molar-refractivity contribution in [3.05, 3.63) is 71.6 Å². The highest BCUT2D eigenvalue weighted by Crippen LogP contribution is 2.36. The first-order valence-corrected chi connectivity index (χ1v) is 14.5. The van der Waals surface area contributed by atoms with Crippen LogP contribution in [0.4, 0.5) is 0 Å². The number of nitrogens with zero attached hydrogens (tertiary/aromatic N) is 4. The van der Waals surface area contributed by atoms with E-state index in [1.165, 1.54) is 37.0 Å². The Labute approximate surface area is 235 Å². The number of Topliss-reactive ketones (excluding diaryl/α,β-unsaturated/α-hetero) is 1. The summed E-state index contributed by atoms with van der Waals surface area (Å²) in [5.74, 6) is 0.867. The lowest BCUT2D eigenvalue weighted by Gasteiger charge is -2.11. The second kappa shape index (κ2) is 10.4. The summed E-state index contributed by atoms with van der Waals surface area (Å²) in [5.41, 5.74) is 7.38. The number of nitrogens with one attached hydrogen (secondary N) is 3. The van der Waals surface area contributed by atoms with Gasteiger partial charge in [-0.2, -0.15) is 5.10 Å². The number of aromatic amines is 2. The molecular weight excluding hydrogens is 518 g/mol. The molecular formula is C31H29N7OS. The van der Waals surface area contributed by atoms with Gasteiger partial charge in [0.15, 0.2) is 5.78 Å². The number of hydrogen-bond acceptors (Lipinski definition) is 7. The van der Waals surface area contributed by atoms with Gasteiger partial charge in [0.1, 0.15) is 5.69 Å². The molecule has 0 saturated heterocycles. The summed E-state index contributed by atoms with van der Waals surface area (Å²) in [4.78, 5) is 30.9. The van der Waals surface area contributed by atoms with Crippen molar-refractivity contribution < 1.29 is 4.79 Å². The molecule has 40 heavy (non-hydrogen) atoms. The van der Waals surface area contributed by atoms with Gasteiger partial charge < -0.3 is 10.3 Å². The Morgan fingerprint density at radius 1 is 1.00 bits per heavy atom. The summed E-state index contributed by atoms with van der Waals surface area (Å²) >= 11 is 1.46. The number of H-pyrrole nitrogens is 2. The standard InChI is InChI=1S/C31H29N7OS/c1-18(39)28-6-7-29(40-28)31-22-12-26(36-24(22)8-9-34-31)30-23-11-25(35-17-27(23)37-38-30)21-10-20(15-33-16-21)14-32-13-19-4-2-3-5-19/h6-12,15-17,19,32,36H,2-5,13-14H2,1H3,(H,37,38). The van der Waals surface area contributed by atoms with E-state index in [-0.39, 0.29) is 5.78 Å². The molecule has 8 nitrogen and oxygen atoms in total. The Morgan fingerprint density at radius 2 is 1.88 bits per heavy atom. The molecule has 7 rings (SSSR count). The second-order valence-electron chi connectivity index (χ2n) is 10.6. The molecule has 3 N–H and O–H groups in total. The average Bonchev–Trinajstić information content (AvgIpc) is 3.78. The summed E-state index contributed by atoms with van der Waals surface area (Å²) in [6.45, 7) is 3.46. The van der Waals surface area contributed by atoms with Crippen molar-refractivity contribution >= 4 is 38.9 Å². The molecule has 0 bridgehead atoms. The molecule has 0 aliphatic heterocycles. The van der Waals surface area contributed by atoms with Crippen LogP contribution in [0.5, 0.6) is 0 Å². The number of carbonyl (C=O) groups is 1. The largest absolute Gasteiger partial charge is 0.353 e. The number of ketones is 1. The first-order chi connectivity index (χ1) is 19.6. The topological polar surface area (TPSA) is 112 Å². The van der Waals surface area contributed by atoms with Crippen LogP contribution in [0.1, 0.15) is 47.8 Å². The van der Waals surface area contributed by atoms with Crippen molar-refractivity contribution in [1.29, 1.82) is 0 Å². The van der Waals surface area contributed by atoms with Crippen LogP contribution in [-0.4, -0.2) is 42.5 Å². The molecule has 200 valence electrons. The molecule has 0 atom stereocenters. The quantitative estimate of drug-likeness (QED) is 0.181. The van der Waals surface area contributed by atoms with Gasteiger partial charge in [-0.25, -0.2) is 0 Å². The highest BCUT2D eigenvalue weighted by Gasteiger charge is 2.17. The van der Waals surface area contributed by atoms with Gasteiger partial charge in [-0.15, -0.1) is 11.3 Å².